The zero-order valence-electron chi connectivity index (χ0n) is 22.2. The van der Waals surface area contributed by atoms with Crippen molar-refractivity contribution in [2.75, 3.05) is 46.5 Å². The number of methoxy groups -OCH3 is 1. The van der Waals surface area contributed by atoms with Crippen LogP contribution >= 0.6 is 11.8 Å². The third-order valence-electron chi connectivity index (χ3n) is 6.25. The molecule has 0 saturated carbocycles. The van der Waals surface area contributed by atoms with Gasteiger partial charge in [-0.15, -0.1) is 0 Å². The largest absolute Gasteiger partial charge is 0.496 e. The molecule has 1 N–H and O–H groups in total. The Morgan fingerprint density at radius 3 is 2.65 bits per heavy atom. The Balaban J connectivity index is 1.58. The van der Waals surface area contributed by atoms with Crippen molar-refractivity contribution < 1.29 is 23.8 Å². The maximum absolute atomic E-state index is 13.5. The van der Waals surface area contributed by atoms with E-state index >= 15 is 0 Å². The average molecular weight is 529 g/mol. The summed E-state index contributed by atoms with van der Waals surface area (Å²) >= 11 is 1.45. The van der Waals surface area contributed by atoms with E-state index in [1.807, 2.05) is 62.3 Å². The molecule has 0 aliphatic carbocycles. The van der Waals surface area contributed by atoms with E-state index in [9.17, 15) is 9.59 Å². The van der Waals surface area contributed by atoms with Gasteiger partial charge in [0.15, 0.2) is 5.17 Å². The fraction of sp³-hybridized carbons (Fsp3) is 0.519. The van der Waals surface area contributed by atoms with Gasteiger partial charge < -0.3 is 24.4 Å². The minimum Gasteiger partial charge on any atom is -0.496 e. The summed E-state index contributed by atoms with van der Waals surface area (Å²) in [6.45, 7) is 11.9. The highest BCUT2D eigenvalue weighted by atomic mass is 32.2. The zero-order valence-corrected chi connectivity index (χ0v) is 23.0. The Morgan fingerprint density at radius 2 is 1.95 bits per heavy atom. The maximum Gasteiger partial charge on any atom is 0.338 e. The van der Waals surface area contributed by atoms with Crippen molar-refractivity contribution in [3.05, 3.63) is 52.2 Å². The first-order valence-electron chi connectivity index (χ1n) is 12.6. The average Bonchev–Trinajstić information content (AvgIpc) is 3.24. The molecule has 0 bridgehead atoms. The summed E-state index contributed by atoms with van der Waals surface area (Å²) in [7, 11) is 1.61. The monoisotopic (exact) mass is 528 g/mol. The van der Waals surface area contributed by atoms with Crippen LogP contribution in [0.2, 0.25) is 0 Å². The van der Waals surface area contributed by atoms with Crippen LogP contribution in [0, 0.1) is 0 Å². The second-order valence-electron chi connectivity index (χ2n) is 10.1. The van der Waals surface area contributed by atoms with Crippen LogP contribution in [0.5, 0.6) is 5.75 Å². The van der Waals surface area contributed by atoms with Gasteiger partial charge in [-0.2, -0.15) is 0 Å². The number of hydrogen-bond donors (Lipinski definition) is 1. The Kier molecular flexibility index (Phi) is 8.61. The van der Waals surface area contributed by atoms with Crippen molar-refractivity contribution in [1.29, 1.82) is 0 Å². The number of nitrogens with one attached hydrogen (secondary N) is 1. The first-order chi connectivity index (χ1) is 17.7. The predicted molar refractivity (Wildman–Crippen MR) is 144 cm³/mol. The number of nitrogens with zero attached hydrogens (tertiary/aromatic N) is 3. The summed E-state index contributed by atoms with van der Waals surface area (Å²) < 4.78 is 16.9. The van der Waals surface area contributed by atoms with Crippen LogP contribution in [0.25, 0.3) is 0 Å². The Labute approximate surface area is 222 Å². The maximum atomic E-state index is 13.5. The van der Waals surface area contributed by atoms with Crippen molar-refractivity contribution in [1.82, 2.24) is 15.1 Å². The van der Waals surface area contributed by atoms with E-state index < -0.39 is 17.6 Å². The quantitative estimate of drug-likeness (QED) is 0.513. The van der Waals surface area contributed by atoms with Crippen LogP contribution in [-0.4, -0.2) is 78.9 Å². The second-order valence-corrected chi connectivity index (χ2v) is 11.0. The number of aliphatic imine (C=N–C) groups is 1. The molecule has 1 aromatic rings. The van der Waals surface area contributed by atoms with Gasteiger partial charge in [0.05, 0.1) is 44.1 Å². The number of carbonyl (C=O) groups excluding carboxylic acids is 2. The zero-order chi connectivity index (χ0) is 26.6. The molecule has 0 radical (unpaired) electrons. The molecule has 3 aliphatic heterocycles. The van der Waals surface area contributed by atoms with E-state index in [0.717, 1.165) is 49.3 Å². The number of rotatable bonds is 8. The van der Waals surface area contributed by atoms with Crippen molar-refractivity contribution in [3.8, 4) is 5.75 Å². The van der Waals surface area contributed by atoms with Crippen molar-refractivity contribution in [2.45, 2.75) is 45.8 Å². The van der Waals surface area contributed by atoms with Crippen LogP contribution in [0.15, 0.2) is 51.6 Å². The number of fused-ring (bicyclic) bond motifs is 1. The number of amidine groups is 1. The number of esters is 1. The first kappa shape index (κ1) is 27.2. The molecule has 1 saturated heterocycles. The highest BCUT2D eigenvalue weighted by Gasteiger charge is 2.43. The molecule has 4 rings (SSSR count). The van der Waals surface area contributed by atoms with Gasteiger partial charge >= 0.3 is 5.97 Å². The fourth-order valence-corrected chi connectivity index (χ4v) is 5.52. The van der Waals surface area contributed by atoms with Gasteiger partial charge in [-0.3, -0.25) is 9.69 Å². The molecule has 3 heterocycles. The second kappa shape index (κ2) is 11.7. The molecule has 37 heavy (non-hydrogen) atoms. The van der Waals surface area contributed by atoms with Crippen LogP contribution in [0.1, 0.15) is 45.7 Å². The highest BCUT2D eigenvalue weighted by molar-refractivity contribution is 8.16. The molecule has 1 aromatic carbocycles. The number of carbonyl (C=O) groups is 2. The topological polar surface area (TPSA) is 92.7 Å². The van der Waals surface area contributed by atoms with E-state index in [1.54, 1.807) is 7.11 Å². The summed E-state index contributed by atoms with van der Waals surface area (Å²) in [6, 6.07) is 7.07. The Bertz CT molecular complexity index is 1120. The van der Waals surface area contributed by atoms with Crippen molar-refractivity contribution in [2.24, 2.45) is 4.99 Å². The van der Waals surface area contributed by atoms with E-state index in [0.29, 0.717) is 23.6 Å². The lowest BCUT2D eigenvalue weighted by Crippen LogP contribution is -2.42. The van der Waals surface area contributed by atoms with Gasteiger partial charge in [-0.25, -0.2) is 9.79 Å². The number of morpholine rings is 1. The van der Waals surface area contributed by atoms with Crippen LogP contribution < -0.4 is 10.1 Å². The fourth-order valence-electron chi connectivity index (χ4n) is 4.56. The van der Waals surface area contributed by atoms with Gasteiger partial charge in [0.1, 0.15) is 11.4 Å². The standard InChI is InChI=1S/C27H36N4O5S/c1-18-23(25(33)36-27(2,3)4)24(20-8-6-7-9-21(20)34-5)31-19(17-37-26(31)29-18)16-22(32)28-10-11-30-12-14-35-15-13-30/h6-9,17,24H,10-16H2,1-5H3,(H,28,32)/t24-/m1/s1. The van der Waals surface area contributed by atoms with E-state index in [4.69, 9.17) is 19.2 Å². The van der Waals surface area contributed by atoms with Gasteiger partial charge in [0.2, 0.25) is 5.91 Å². The predicted octanol–water partition coefficient (Wildman–Crippen LogP) is 3.45. The normalized spacial score (nSPS) is 20.2. The molecule has 3 aliphatic rings. The van der Waals surface area contributed by atoms with Crippen LogP contribution in [0.3, 0.4) is 0 Å². The number of para-hydroxylation sites is 1. The molecule has 1 amide bonds. The van der Waals surface area contributed by atoms with Crippen LogP contribution in [0.4, 0.5) is 0 Å². The SMILES string of the molecule is COc1ccccc1[C@@H]1C(C(=O)OC(C)(C)C)=C(C)N=C2SC=C(CC(=O)NCCN3CCOCC3)N21. The van der Waals surface area contributed by atoms with E-state index in [2.05, 4.69) is 10.2 Å². The molecule has 9 nitrogen and oxygen atoms in total. The van der Waals surface area contributed by atoms with Gasteiger partial charge in [-0.1, -0.05) is 30.0 Å². The molecule has 10 heteroatoms. The molecule has 0 unspecified atom stereocenters. The summed E-state index contributed by atoms with van der Waals surface area (Å²) in [5.41, 5.74) is 1.94. The lowest BCUT2D eigenvalue weighted by molar-refractivity contribution is -0.150. The van der Waals surface area contributed by atoms with Gasteiger partial charge in [0, 0.05) is 37.4 Å². The molecular formula is C27H36N4O5S. The summed E-state index contributed by atoms with van der Waals surface area (Å²) in [5.74, 6) is 0.133. The number of benzene rings is 1. The van der Waals surface area contributed by atoms with Crippen molar-refractivity contribution >= 4 is 28.8 Å². The van der Waals surface area contributed by atoms with Crippen LogP contribution in [-0.2, 0) is 19.1 Å². The summed E-state index contributed by atoms with van der Waals surface area (Å²) in [5, 5.41) is 5.69. The number of allylic oxidation sites excluding steroid dienone is 1. The summed E-state index contributed by atoms with van der Waals surface area (Å²) in [4.78, 5) is 35.4. The van der Waals surface area contributed by atoms with Gasteiger partial charge in [-0.05, 0) is 39.2 Å². The third kappa shape index (κ3) is 6.55. The molecule has 0 aromatic heterocycles. The number of amides is 1. The highest BCUT2D eigenvalue weighted by Crippen LogP contribution is 2.47. The Morgan fingerprint density at radius 1 is 1.22 bits per heavy atom. The first-order valence-corrected chi connectivity index (χ1v) is 13.4. The minimum absolute atomic E-state index is 0.0785. The molecular weight excluding hydrogens is 492 g/mol. The lowest BCUT2D eigenvalue weighted by Gasteiger charge is -2.37. The minimum atomic E-state index is -0.668. The summed E-state index contributed by atoms with van der Waals surface area (Å²) in [6.07, 6.45) is 0.168. The number of thioether (sulfide) groups is 1. The molecule has 1 atom stereocenters. The van der Waals surface area contributed by atoms with Gasteiger partial charge in [0.25, 0.3) is 0 Å². The Hall–Kier alpha value is -2.82. The smallest absolute Gasteiger partial charge is 0.338 e. The number of hydrogen-bond acceptors (Lipinski definition) is 9. The number of ether oxygens (including phenoxy) is 3. The molecule has 1 fully saturated rings. The third-order valence-corrected chi connectivity index (χ3v) is 7.14. The van der Waals surface area contributed by atoms with Crippen molar-refractivity contribution in [3.63, 3.8) is 0 Å². The lowest BCUT2D eigenvalue weighted by atomic mass is 9.93. The molecule has 200 valence electrons. The van der Waals surface area contributed by atoms with E-state index in [1.165, 1.54) is 11.8 Å². The van der Waals surface area contributed by atoms with E-state index in [-0.39, 0.29) is 12.3 Å². The molecule has 0 spiro atoms.